The van der Waals surface area contributed by atoms with E-state index in [1.807, 2.05) is 35.7 Å². The molecule has 1 heterocycles. The first-order chi connectivity index (χ1) is 13.2. The van der Waals surface area contributed by atoms with Crippen molar-refractivity contribution in [3.05, 3.63) is 80.8 Å². The highest BCUT2D eigenvalue weighted by molar-refractivity contribution is 7.09. The number of methoxy groups -OCH3 is 1. The fourth-order valence-corrected chi connectivity index (χ4v) is 3.61. The Hall–Kier alpha value is -2.08. The lowest BCUT2D eigenvalue weighted by atomic mass is 10.1. The molecule has 0 aliphatic heterocycles. The van der Waals surface area contributed by atoms with Crippen molar-refractivity contribution in [1.82, 2.24) is 5.32 Å². The molecule has 0 bridgehead atoms. The monoisotopic (exact) mass is 405 g/mol. The first-order valence-corrected chi connectivity index (χ1v) is 9.89. The smallest absolute Gasteiger partial charge is 0.180 e. The number of benzene rings is 2. The Morgan fingerprint density at radius 2 is 2.00 bits per heavy atom. The van der Waals surface area contributed by atoms with E-state index in [0.717, 1.165) is 10.4 Å². The van der Waals surface area contributed by atoms with Gasteiger partial charge in [-0.25, -0.2) is 4.39 Å². The van der Waals surface area contributed by atoms with Crippen LogP contribution in [0.3, 0.4) is 0 Å². The summed E-state index contributed by atoms with van der Waals surface area (Å²) >= 11 is 8.04. The Kier molecular flexibility index (Phi) is 7.10. The summed E-state index contributed by atoms with van der Waals surface area (Å²) in [7, 11) is 1.60. The quantitative estimate of drug-likeness (QED) is 0.479. The number of hydrogen-bond acceptors (Lipinski definition) is 4. The molecular weight excluding hydrogens is 385 g/mol. The van der Waals surface area contributed by atoms with Crippen LogP contribution in [0.4, 0.5) is 4.39 Å². The number of rotatable bonds is 9. The van der Waals surface area contributed by atoms with Gasteiger partial charge in [-0.2, -0.15) is 0 Å². The van der Waals surface area contributed by atoms with E-state index in [1.165, 1.54) is 6.07 Å². The minimum atomic E-state index is -0.170. The van der Waals surface area contributed by atoms with E-state index in [4.69, 9.17) is 21.1 Å². The van der Waals surface area contributed by atoms with Gasteiger partial charge >= 0.3 is 0 Å². The van der Waals surface area contributed by atoms with Gasteiger partial charge in [-0.3, -0.25) is 0 Å². The standard InChI is InChI=1S/C21H21ClFNO2S/c1-25-20-12-15(13-24-9-8-16-5-2-3-7-19(16)23)11-18(22)21(20)26-14-17-6-4-10-27-17/h2-7,10-12,24H,8-9,13-14H2,1H3. The predicted octanol–water partition coefficient (Wildman–Crippen LogP) is 5.46. The van der Waals surface area contributed by atoms with Crippen LogP contribution in [0.2, 0.25) is 5.02 Å². The average molecular weight is 406 g/mol. The normalized spacial score (nSPS) is 10.8. The third-order valence-electron chi connectivity index (χ3n) is 4.09. The summed E-state index contributed by atoms with van der Waals surface area (Å²) in [4.78, 5) is 1.12. The van der Waals surface area contributed by atoms with Crippen molar-refractivity contribution in [3.63, 3.8) is 0 Å². The first-order valence-electron chi connectivity index (χ1n) is 8.63. The van der Waals surface area contributed by atoms with Gasteiger partial charge in [0.1, 0.15) is 12.4 Å². The molecule has 3 rings (SSSR count). The maximum atomic E-state index is 13.6. The van der Waals surface area contributed by atoms with Crippen LogP contribution in [0.5, 0.6) is 11.5 Å². The molecule has 0 aliphatic carbocycles. The molecule has 0 saturated heterocycles. The van der Waals surface area contributed by atoms with E-state index in [0.29, 0.717) is 48.2 Å². The lowest BCUT2D eigenvalue weighted by Gasteiger charge is -2.14. The minimum Gasteiger partial charge on any atom is -0.493 e. The molecule has 0 fully saturated rings. The van der Waals surface area contributed by atoms with Crippen molar-refractivity contribution in [1.29, 1.82) is 0 Å². The van der Waals surface area contributed by atoms with Gasteiger partial charge in [-0.15, -0.1) is 11.3 Å². The highest BCUT2D eigenvalue weighted by atomic mass is 35.5. The topological polar surface area (TPSA) is 30.5 Å². The Morgan fingerprint density at radius 3 is 2.74 bits per heavy atom. The predicted molar refractivity (Wildman–Crippen MR) is 108 cm³/mol. The first kappa shape index (κ1) is 19.7. The second-order valence-electron chi connectivity index (χ2n) is 6.00. The van der Waals surface area contributed by atoms with Gasteiger partial charge in [0.2, 0.25) is 0 Å². The zero-order valence-electron chi connectivity index (χ0n) is 15.0. The molecule has 6 heteroatoms. The number of nitrogens with one attached hydrogen (secondary N) is 1. The zero-order valence-corrected chi connectivity index (χ0v) is 16.6. The Morgan fingerprint density at radius 1 is 1.15 bits per heavy atom. The summed E-state index contributed by atoms with van der Waals surface area (Å²) in [5.74, 6) is 0.976. The third-order valence-corrected chi connectivity index (χ3v) is 5.22. The number of hydrogen-bond donors (Lipinski definition) is 1. The van der Waals surface area contributed by atoms with E-state index in [1.54, 1.807) is 30.6 Å². The van der Waals surface area contributed by atoms with Crippen molar-refractivity contribution < 1.29 is 13.9 Å². The lowest BCUT2D eigenvalue weighted by Crippen LogP contribution is -2.17. The summed E-state index contributed by atoms with van der Waals surface area (Å²) in [6.07, 6.45) is 0.625. The van der Waals surface area contributed by atoms with Crippen molar-refractivity contribution in [2.45, 2.75) is 19.6 Å². The molecule has 1 N–H and O–H groups in total. The lowest BCUT2D eigenvalue weighted by molar-refractivity contribution is 0.287. The molecular formula is C21H21ClFNO2S. The zero-order chi connectivity index (χ0) is 19.1. The average Bonchev–Trinajstić information content (AvgIpc) is 3.19. The Labute approximate surface area is 167 Å². The number of halogens is 2. The molecule has 0 spiro atoms. The fourth-order valence-electron chi connectivity index (χ4n) is 2.71. The van der Waals surface area contributed by atoms with Gasteiger partial charge < -0.3 is 14.8 Å². The number of thiophene rings is 1. The molecule has 3 aromatic rings. The molecule has 3 nitrogen and oxygen atoms in total. The molecule has 0 saturated carbocycles. The maximum Gasteiger partial charge on any atom is 0.180 e. The molecule has 27 heavy (non-hydrogen) atoms. The van der Waals surface area contributed by atoms with Crippen LogP contribution < -0.4 is 14.8 Å². The van der Waals surface area contributed by atoms with Gasteiger partial charge in [0.15, 0.2) is 11.5 Å². The van der Waals surface area contributed by atoms with Crippen LogP contribution in [-0.2, 0) is 19.6 Å². The van der Waals surface area contributed by atoms with Gasteiger partial charge in [0.05, 0.1) is 12.1 Å². The second-order valence-corrected chi connectivity index (χ2v) is 7.43. The molecule has 0 amide bonds. The molecule has 1 aromatic heterocycles. The van der Waals surface area contributed by atoms with Crippen LogP contribution in [0, 0.1) is 5.82 Å². The largest absolute Gasteiger partial charge is 0.493 e. The minimum absolute atomic E-state index is 0.170. The highest BCUT2D eigenvalue weighted by Gasteiger charge is 2.12. The fraction of sp³-hybridized carbons (Fsp3) is 0.238. The van der Waals surface area contributed by atoms with E-state index >= 15 is 0 Å². The van der Waals surface area contributed by atoms with Gasteiger partial charge in [-0.05, 0) is 53.7 Å². The van der Waals surface area contributed by atoms with E-state index in [2.05, 4.69) is 5.32 Å². The van der Waals surface area contributed by atoms with Crippen LogP contribution >= 0.6 is 22.9 Å². The summed E-state index contributed by atoms with van der Waals surface area (Å²) in [5.41, 5.74) is 1.69. The molecule has 2 aromatic carbocycles. The van der Waals surface area contributed by atoms with Crippen LogP contribution in [0.25, 0.3) is 0 Å². The van der Waals surface area contributed by atoms with Crippen molar-refractivity contribution in [2.75, 3.05) is 13.7 Å². The van der Waals surface area contributed by atoms with Crippen molar-refractivity contribution in [2.24, 2.45) is 0 Å². The summed E-state index contributed by atoms with van der Waals surface area (Å²) < 4.78 is 24.9. The molecule has 0 radical (unpaired) electrons. The third kappa shape index (κ3) is 5.45. The SMILES string of the molecule is COc1cc(CNCCc2ccccc2F)cc(Cl)c1OCc1cccs1. The van der Waals surface area contributed by atoms with Crippen LogP contribution in [-0.4, -0.2) is 13.7 Å². The molecule has 0 unspecified atom stereocenters. The number of ether oxygens (including phenoxy) is 2. The van der Waals surface area contributed by atoms with Crippen molar-refractivity contribution in [3.8, 4) is 11.5 Å². The Bertz CT molecular complexity index is 871. The summed E-state index contributed by atoms with van der Waals surface area (Å²) in [6.45, 7) is 1.72. The molecule has 0 aliphatic rings. The van der Waals surface area contributed by atoms with Gasteiger partial charge in [0.25, 0.3) is 0 Å². The van der Waals surface area contributed by atoms with Crippen LogP contribution in [0.1, 0.15) is 16.0 Å². The molecule has 0 atom stereocenters. The van der Waals surface area contributed by atoms with E-state index in [9.17, 15) is 4.39 Å². The second kappa shape index (κ2) is 9.74. The summed E-state index contributed by atoms with van der Waals surface area (Å²) in [5, 5.41) is 5.83. The van der Waals surface area contributed by atoms with Crippen molar-refractivity contribution >= 4 is 22.9 Å². The van der Waals surface area contributed by atoms with Gasteiger partial charge in [0, 0.05) is 11.4 Å². The van der Waals surface area contributed by atoms with Crippen LogP contribution in [0.15, 0.2) is 53.9 Å². The van der Waals surface area contributed by atoms with E-state index < -0.39 is 0 Å². The van der Waals surface area contributed by atoms with E-state index in [-0.39, 0.29) is 5.82 Å². The highest BCUT2D eigenvalue weighted by Crippen LogP contribution is 2.37. The maximum absolute atomic E-state index is 13.6. The molecule has 142 valence electrons. The Balaban J connectivity index is 1.57. The summed E-state index contributed by atoms with van der Waals surface area (Å²) in [6, 6.07) is 14.6. The van der Waals surface area contributed by atoms with Gasteiger partial charge in [-0.1, -0.05) is 35.9 Å².